The van der Waals surface area contributed by atoms with Crippen LogP contribution in [-0.2, 0) is 11.2 Å². The number of anilines is 2. The lowest BCUT2D eigenvalue weighted by molar-refractivity contribution is -0.115. The minimum atomic E-state index is 0.0821. The predicted molar refractivity (Wildman–Crippen MR) is 70.4 cm³/mol. The lowest BCUT2D eigenvalue weighted by atomic mass is 10.1. The number of hydrogen-bond acceptors (Lipinski definition) is 3. The molecule has 1 aliphatic rings. The largest absolute Gasteiger partial charge is 0.384 e. The molecule has 1 heterocycles. The molecule has 0 saturated carbocycles. The summed E-state index contributed by atoms with van der Waals surface area (Å²) in [6, 6.07) is 6.51. The summed E-state index contributed by atoms with van der Waals surface area (Å²) in [6.45, 7) is 6.09. The van der Waals surface area contributed by atoms with Crippen LogP contribution < -0.4 is 16.0 Å². The van der Waals surface area contributed by atoms with Crippen molar-refractivity contribution in [3.05, 3.63) is 23.8 Å². The molecule has 4 heteroatoms. The first-order valence-electron chi connectivity index (χ1n) is 6.05. The summed E-state index contributed by atoms with van der Waals surface area (Å²) in [7, 11) is 0. The van der Waals surface area contributed by atoms with Crippen molar-refractivity contribution < 1.29 is 4.79 Å². The lowest BCUT2D eigenvalue weighted by Gasteiger charge is -2.10. The Morgan fingerprint density at radius 3 is 2.94 bits per heavy atom. The van der Waals surface area contributed by atoms with E-state index in [0.717, 1.165) is 30.0 Å². The van der Waals surface area contributed by atoms with Gasteiger partial charge in [0, 0.05) is 30.5 Å². The van der Waals surface area contributed by atoms with Crippen LogP contribution >= 0.6 is 0 Å². The molecule has 0 atom stereocenters. The highest BCUT2D eigenvalue weighted by molar-refractivity contribution is 5.99. The number of amides is 1. The number of hydrogen-bond donors (Lipinski definition) is 3. The van der Waals surface area contributed by atoms with E-state index < -0.39 is 0 Å². The van der Waals surface area contributed by atoms with Gasteiger partial charge < -0.3 is 16.0 Å². The van der Waals surface area contributed by atoms with Crippen molar-refractivity contribution in [1.29, 1.82) is 0 Å². The first kappa shape index (κ1) is 11.9. The third kappa shape index (κ3) is 3.20. The van der Waals surface area contributed by atoms with Crippen molar-refractivity contribution in [2.24, 2.45) is 0 Å². The minimum absolute atomic E-state index is 0.0821. The van der Waals surface area contributed by atoms with E-state index in [1.54, 1.807) is 0 Å². The summed E-state index contributed by atoms with van der Waals surface area (Å²) in [6.07, 6.45) is 0.495. The maximum Gasteiger partial charge on any atom is 0.228 e. The molecule has 1 aromatic rings. The Balaban J connectivity index is 1.86. The van der Waals surface area contributed by atoms with Gasteiger partial charge in [0.05, 0.1) is 6.42 Å². The van der Waals surface area contributed by atoms with Gasteiger partial charge in [-0.1, -0.05) is 13.8 Å². The van der Waals surface area contributed by atoms with Crippen LogP contribution in [0.2, 0.25) is 0 Å². The number of carbonyl (C=O) groups excluding carboxylic acids is 1. The van der Waals surface area contributed by atoms with Gasteiger partial charge >= 0.3 is 0 Å². The van der Waals surface area contributed by atoms with Crippen molar-refractivity contribution in [2.75, 3.05) is 23.7 Å². The minimum Gasteiger partial charge on any atom is -0.384 e. The van der Waals surface area contributed by atoms with Gasteiger partial charge in [0.15, 0.2) is 0 Å². The van der Waals surface area contributed by atoms with Crippen LogP contribution in [-0.4, -0.2) is 25.0 Å². The summed E-state index contributed by atoms with van der Waals surface area (Å²) in [5.74, 6) is 0.0821. The molecular formula is C13H19N3O. The molecule has 92 valence electrons. The summed E-state index contributed by atoms with van der Waals surface area (Å²) in [4.78, 5) is 11.2. The third-order valence-corrected chi connectivity index (χ3v) is 2.74. The zero-order valence-corrected chi connectivity index (χ0v) is 10.3. The van der Waals surface area contributed by atoms with Gasteiger partial charge in [-0.15, -0.1) is 0 Å². The third-order valence-electron chi connectivity index (χ3n) is 2.74. The van der Waals surface area contributed by atoms with Gasteiger partial charge in [0.2, 0.25) is 5.91 Å². The molecule has 2 rings (SSSR count). The van der Waals surface area contributed by atoms with Crippen LogP contribution in [0, 0.1) is 0 Å². The Morgan fingerprint density at radius 2 is 2.18 bits per heavy atom. The van der Waals surface area contributed by atoms with Crippen molar-refractivity contribution in [1.82, 2.24) is 5.32 Å². The van der Waals surface area contributed by atoms with Crippen molar-refractivity contribution >= 4 is 17.3 Å². The fraction of sp³-hybridized carbons (Fsp3) is 0.462. The normalized spacial score (nSPS) is 13.7. The van der Waals surface area contributed by atoms with Crippen LogP contribution in [0.3, 0.4) is 0 Å². The first-order valence-corrected chi connectivity index (χ1v) is 6.05. The Kier molecular flexibility index (Phi) is 3.64. The fourth-order valence-electron chi connectivity index (χ4n) is 1.91. The van der Waals surface area contributed by atoms with E-state index in [4.69, 9.17) is 0 Å². The number of rotatable bonds is 5. The average molecular weight is 233 g/mol. The average Bonchev–Trinajstić information content (AvgIpc) is 2.63. The van der Waals surface area contributed by atoms with Crippen LogP contribution in [0.1, 0.15) is 19.4 Å². The molecule has 0 unspecified atom stereocenters. The highest BCUT2D eigenvalue weighted by Crippen LogP contribution is 2.25. The quantitative estimate of drug-likeness (QED) is 0.677. The van der Waals surface area contributed by atoms with Crippen LogP contribution in [0.5, 0.6) is 0 Å². The van der Waals surface area contributed by atoms with Crippen molar-refractivity contribution in [3.63, 3.8) is 0 Å². The lowest BCUT2D eigenvalue weighted by Crippen LogP contribution is -2.28. The zero-order chi connectivity index (χ0) is 12.3. The van der Waals surface area contributed by atoms with Gasteiger partial charge in [-0.25, -0.2) is 0 Å². The van der Waals surface area contributed by atoms with Gasteiger partial charge in [-0.05, 0) is 23.8 Å². The molecule has 0 aromatic heterocycles. The highest BCUT2D eigenvalue weighted by atomic mass is 16.1. The van der Waals surface area contributed by atoms with E-state index in [0.29, 0.717) is 12.5 Å². The van der Waals surface area contributed by atoms with Crippen molar-refractivity contribution in [2.45, 2.75) is 26.3 Å². The Morgan fingerprint density at radius 1 is 1.35 bits per heavy atom. The van der Waals surface area contributed by atoms with E-state index in [1.807, 2.05) is 18.2 Å². The molecule has 1 amide bonds. The predicted octanol–water partition coefficient (Wildman–Crippen LogP) is 1.59. The van der Waals surface area contributed by atoms with E-state index in [2.05, 4.69) is 29.8 Å². The molecular weight excluding hydrogens is 214 g/mol. The topological polar surface area (TPSA) is 53.2 Å². The monoisotopic (exact) mass is 233 g/mol. The standard InChI is InChI=1S/C13H19N3O/c1-9(2)14-5-6-15-11-3-4-12-10(7-11)8-13(17)16-12/h3-4,7,9,14-15H,5-6,8H2,1-2H3,(H,16,17). The first-order chi connectivity index (χ1) is 8.15. The van der Waals surface area contributed by atoms with Gasteiger partial charge in [-0.3, -0.25) is 4.79 Å². The number of fused-ring (bicyclic) bond motifs is 1. The highest BCUT2D eigenvalue weighted by Gasteiger charge is 2.17. The van der Waals surface area contributed by atoms with E-state index in [1.165, 1.54) is 0 Å². The molecule has 0 radical (unpaired) electrons. The molecule has 17 heavy (non-hydrogen) atoms. The molecule has 0 spiro atoms. The molecule has 1 aliphatic heterocycles. The molecule has 4 nitrogen and oxygen atoms in total. The second-order valence-corrected chi connectivity index (χ2v) is 4.63. The zero-order valence-electron chi connectivity index (χ0n) is 10.3. The summed E-state index contributed by atoms with van der Waals surface area (Å²) in [5.41, 5.74) is 3.10. The molecule has 0 fully saturated rings. The van der Waals surface area contributed by atoms with E-state index in [9.17, 15) is 4.79 Å². The summed E-state index contributed by atoms with van der Waals surface area (Å²) < 4.78 is 0. The van der Waals surface area contributed by atoms with E-state index in [-0.39, 0.29) is 5.91 Å². The maximum atomic E-state index is 11.2. The SMILES string of the molecule is CC(C)NCCNc1ccc2c(c1)CC(=O)N2. The van der Waals surface area contributed by atoms with Crippen molar-refractivity contribution in [3.8, 4) is 0 Å². The Labute approximate surface area is 102 Å². The Hall–Kier alpha value is -1.55. The van der Waals surface area contributed by atoms with Gasteiger partial charge in [-0.2, -0.15) is 0 Å². The second-order valence-electron chi connectivity index (χ2n) is 4.63. The molecule has 0 saturated heterocycles. The molecule has 1 aromatic carbocycles. The molecule has 0 bridgehead atoms. The number of benzene rings is 1. The summed E-state index contributed by atoms with van der Waals surface area (Å²) >= 11 is 0. The smallest absolute Gasteiger partial charge is 0.228 e. The van der Waals surface area contributed by atoms with Gasteiger partial charge in [0.1, 0.15) is 0 Å². The summed E-state index contributed by atoms with van der Waals surface area (Å²) in [5, 5.41) is 9.52. The fourth-order valence-corrected chi connectivity index (χ4v) is 1.91. The van der Waals surface area contributed by atoms with Crippen LogP contribution in [0.15, 0.2) is 18.2 Å². The molecule has 0 aliphatic carbocycles. The Bertz CT molecular complexity index is 415. The number of carbonyl (C=O) groups is 1. The maximum absolute atomic E-state index is 11.2. The van der Waals surface area contributed by atoms with E-state index >= 15 is 0 Å². The van der Waals surface area contributed by atoms with Crippen LogP contribution in [0.25, 0.3) is 0 Å². The van der Waals surface area contributed by atoms with Crippen LogP contribution in [0.4, 0.5) is 11.4 Å². The van der Waals surface area contributed by atoms with Gasteiger partial charge in [0.25, 0.3) is 0 Å². The molecule has 3 N–H and O–H groups in total. The number of nitrogens with one attached hydrogen (secondary N) is 3. The second kappa shape index (κ2) is 5.19.